The van der Waals surface area contributed by atoms with Crippen LogP contribution >= 0.6 is 0 Å². The molecule has 0 spiro atoms. The summed E-state index contributed by atoms with van der Waals surface area (Å²) >= 11 is 0. The molecule has 0 bridgehead atoms. The van der Waals surface area contributed by atoms with Crippen LogP contribution in [0.3, 0.4) is 0 Å². The summed E-state index contributed by atoms with van der Waals surface area (Å²) in [6.45, 7) is 3.01. The van der Waals surface area contributed by atoms with Gasteiger partial charge in [0, 0.05) is 13.0 Å². The predicted molar refractivity (Wildman–Crippen MR) is 45.2 cm³/mol. The van der Waals surface area contributed by atoms with Crippen LogP contribution in [-0.4, -0.2) is 12.3 Å². The summed E-state index contributed by atoms with van der Waals surface area (Å²) in [5.74, 6) is 0.282. The number of hydrogen-bond acceptors (Lipinski definition) is 2. The molecule has 0 radical (unpaired) electrons. The highest BCUT2D eigenvalue weighted by Gasteiger charge is 2.11. The Hall–Kier alpha value is -0.790. The van der Waals surface area contributed by atoms with E-state index in [1.165, 1.54) is 0 Å². The Morgan fingerprint density at radius 1 is 1.64 bits per heavy atom. The van der Waals surface area contributed by atoms with Gasteiger partial charge < -0.3 is 5.32 Å². The minimum atomic E-state index is 0.282. The van der Waals surface area contributed by atoms with Crippen molar-refractivity contribution in [1.82, 2.24) is 5.32 Å². The number of nitrogens with one attached hydrogen (secondary N) is 1. The molecule has 2 nitrogen and oxygen atoms in total. The Labute approximate surface area is 67.7 Å². The summed E-state index contributed by atoms with van der Waals surface area (Å²) < 4.78 is 0. The van der Waals surface area contributed by atoms with Gasteiger partial charge in [-0.05, 0) is 19.3 Å². The molecular formula is C9H15NO. The van der Waals surface area contributed by atoms with Crippen LogP contribution in [0.2, 0.25) is 0 Å². The van der Waals surface area contributed by atoms with Crippen molar-refractivity contribution in [1.29, 1.82) is 0 Å². The molecule has 0 atom stereocenters. The average molecular weight is 153 g/mol. The second-order valence-corrected chi connectivity index (χ2v) is 2.86. The van der Waals surface area contributed by atoms with Crippen molar-refractivity contribution in [2.24, 2.45) is 0 Å². The Bertz CT molecular complexity index is 172. The molecule has 1 aliphatic carbocycles. The molecule has 0 fully saturated rings. The fourth-order valence-electron chi connectivity index (χ4n) is 1.19. The van der Waals surface area contributed by atoms with Gasteiger partial charge in [-0.3, -0.25) is 4.79 Å². The summed E-state index contributed by atoms with van der Waals surface area (Å²) in [4.78, 5) is 11.2. The van der Waals surface area contributed by atoms with E-state index in [2.05, 4.69) is 12.2 Å². The number of carbonyl (C=O) groups is 1. The smallest absolute Gasteiger partial charge is 0.178 e. The quantitative estimate of drug-likeness (QED) is 0.667. The number of carbonyl (C=O) groups excluding carboxylic acids is 1. The van der Waals surface area contributed by atoms with Crippen molar-refractivity contribution in [3.05, 3.63) is 11.8 Å². The largest absolute Gasteiger partial charge is 0.382 e. The van der Waals surface area contributed by atoms with Gasteiger partial charge in [-0.1, -0.05) is 13.0 Å². The summed E-state index contributed by atoms with van der Waals surface area (Å²) in [6, 6.07) is 0. The highest BCUT2D eigenvalue weighted by Crippen LogP contribution is 2.11. The van der Waals surface area contributed by atoms with Crippen LogP contribution < -0.4 is 5.32 Å². The Balaban J connectivity index is 2.41. The monoisotopic (exact) mass is 153 g/mol. The zero-order chi connectivity index (χ0) is 8.10. The molecule has 0 aromatic rings. The second kappa shape index (κ2) is 4.16. The molecule has 0 aliphatic heterocycles. The van der Waals surface area contributed by atoms with Gasteiger partial charge in [-0.25, -0.2) is 0 Å². The van der Waals surface area contributed by atoms with Gasteiger partial charge in [-0.2, -0.15) is 0 Å². The highest BCUT2D eigenvalue weighted by atomic mass is 16.1. The number of Topliss-reactive ketones (excluding diaryl/α,β-unsaturated/α-hetero) is 1. The maximum Gasteiger partial charge on any atom is 0.178 e. The summed E-state index contributed by atoms with van der Waals surface area (Å²) in [5, 5.41) is 3.13. The average Bonchev–Trinajstić information content (AvgIpc) is 2.03. The molecule has 0 aromatic heterocycles. The Kier molecular flexibility index (Phi) is 3.14. The molecule has 0 amide bonds. The number of rotatable bonds is 3. The molecule has 0 aromatic carbocycles. The number of ketones is 1. The maximum atomic E-state index is 11.2. The molecule has 0 unspecified atom stereocenters. The molecule has 11 heavy (non-hydrogen) atoms. The SMILES string of the molecule is CCCNC1=CCCCC1=O. The first-order valence-electron chi connectivity index (χ1n) is 4.32. The first kappa shape index (κ1) is 8.31. The molecule has 0 heterocycles. The molecule has 1 aliphatic rings. The number of hydrogen-bond donors (Lipinski definition) is 1. The lowest BCUT2D eigenvalue weighted by Gasteiger charge is -2.12. The molecule has 62 valence electrons. The minimum absolute atomic E-state index is 0.282. The zero-order valence-corrected chi connectivity index (χ0v) is 7.02. The van der Waals surface area contributed by atoms with E-state index in [1.54, 1.807) is 0 Å². The topological polar surface area (TPSA) is 29.1 Å². The first-order chi connectivity index (χ1) is 5.34. The number of allylic oxidation sites excluding steroid dienone is 2. The summed E-state index contributed by atoms with van der Waals surface area (Å²) in [5.41, 5.74) is 0.845. The summed E-state index contributed by atoms with van der Waals surface area (Å²) in [6.07, 6.45) is 5.89. The van der Waals surface area contributed by atoms with E-state index < -0.39 is 0 Å². The Morgan fingerprint density at radius 3 is 3.09 bits per heavy atom. The van der Waals surface area contributed by atoms with Crippen LogP contribution in [0.15, 0.2) is 11.8 Å². The standard InChI is InChI=1S/C9H15NO/c1-2-7-10-8-5-3-4-6-9(8)11/h5,10H,2-4,6-7H2,1H3. The summed E-state index contributed by atoms with van der Waals surface area (Å²) in [7, 11) is 0. The van der Waals surface area contributed by atoms with Gasteiger partial charge in [0.2, 0.25) is 0 Å². The van der Waals surface area contributed by atoms with Crippen LogP contribution in [0.4, 0.5) is 0 Å². The van der Waals surface area contributed by atoms with Gasteiger partial charge >= 0.3 is 0 Å². The lowest BCUT2D eigenvalue weighted by atomic mass is 10.0. The predicted octanol–water partition coefficient (Wildman–Crippen LogP) is 1.62. The van der Waals surface area contributed by atoms with Crippen molar-refractivity contribution in [2.75, 3.05) is 6.54 Å². The van der Waals surface area contributed by atoms with E-state index in [9.17, 15) is 4.79 Å². The van der Waals surface area contributed by atoms with E-state index in [-0.39, 0.29) is 5.78 Å². The van der Waals surface area contributed by atoms with Crippen LogP contribution in [0.5, 0.6) is 0 Å². The molecule has 1 N–H and O–H groups in total. The van der Waals surface area contributed by atoms with Gasteiger partial charge in [0.05, 0.1) is 5.70 Å². The van der Waals surface area contributed by atoms with Gasteiger partial charge in [0.25, 0.3) is 0 Å². The molecule has 0 saturated heterocycles. The van der Waals surface area contributed by atoms with E-state index in [0.717, 1.165) is 37.9 Å². The molecule has 1 rings (SSSR count). The molecular weight excluding hydrogens is 138 g/mol. The molecule has 2 heteroatoms. The van der Waals surface area contributed by atoms with Crippen molar-refractivity contribution < 1.29 is 4.79 Å². The molecule has 0 saturated carbocycles. The van der Waals surface area contributed by atoms with E-state index >= 15 is 0 Å². The second-order valence-electron chi connectivity index (χ2n) is 2.86. The fourth-order valence-corrected chi connectivity index (χ4v) is 1.19. The van der Waals surface area contributed by atoms with Crippen molar-refractivity contribution in [3.63, 3.8) is 0 Å². The third kappa shape index (κ3) is 2.37. The lowest BCUT2D eigenvalue weighted by Crippen LogP contribution is -2.23. The highest BCUT2D eigenvalue weighted by molar-refractivity contribution is 5.95. The van der Waals surface area contributed by atoms with Crippen LogP contribution in [0.25, 0.3) is 0 Å². The normalized spacial score (nSPS) is 17.9. The van der Waals surface area contributed by atoms with Crippen LogP contribution in [0, 0.1) is 0 Å². The van der Waals surface area contributed by atoms with Crippen LogP contribution in [0.1, 0.15) is 32.6 Å². The van der Waals surface area contributed by atoms with Crippen molar-refractivity contribution >= 4 is 5.78 Å². The fraction of sp³-hybridized carbons (Fsp3) is 0.667. The van der Waals surface area contributed by atoms with E-state index in [4.69, 9.17) is 0 Å². The van der Waals surface area contributed by atoms with Crippen molar-refractivity contribution in [3.8, 4) is 0 Å². The zero-order valence-electron chi connectivity index (χ0n) is 7.02. The van der Waals surface area contributed by atoms with Crippen LogP contribution in [-0.2, 0) is 4.79 Å². The van der Waals surface area contributed by atoms with Gasteiger partial charge in [0.15, 0.2) is 5.78 Å². The maximum absolute atomic E-state index is 11.2. The Morgan fingerprint density at radius 2 is 2.45 bits per heavy atom. The lowest BCUT2D eigenvalue weighted by molar-refractivity contribution is -0.116. The first-order valence-corrected chi connectivity index (χ1v) is 4.32. The van der Waals surface area contributed by atoms with Crippen molar-refractivity contribution in [2.45, 2.75) is 32.6 Å². The van der Waals surface area contributed by atoms with Gasteiger partial charge in [-0.15, -0.1) is 0 Å². The van der Waals surface area contributed by atoms with Gasteiger partial charge in [0.1, 0.15) is 0 Å². The third-order valence-corrected chi connectivity index (χ3v) is 1.82. The third-order valence-electron chi connectivity index (χ3n) is 1.82. The minimum Gasteiger partial charge on any atom is -0.382 e. The van der Waals surface area contributed by atoms with E-state index in [1.807, 2.05) is 6.08 Å². The van der Waals surface area contributed by atoms with E-state index in [0.29, 0.717) is 0 Å².